The zero-order valence-corrected chi connectivity index (χ0v) is 16.3. The third-order valence-corrected chi connectivity index (χ3v) is 5.34. The van der Waals surface area contributed by atoms with Gasteiger partial charge in [-0.2, -0.15) is 0 Å². The first-order valence-electron chi connectivity index (χ1n) is 9.65. The average Bonchev–Trinajstić information content (AvgIpc) is 3.36. The minimum absolute atomic E-state index is 0.0286. The molecule has 1 aliphatic heterocycles. The van der Waals surface area contributed by atoms with Crippen LogP contribution in [0, 0.1) is 0 Å². The molecular formula is C21H25N5O2. The second-order valence-corrected chi connectivity index (χ2v) is 7.02. The molecule has 0 saturated carbocycles. The Morgan fingerprint density at radius 3 is 2.86 bits per heavy atom. The molecule has 2 aromatic heterocycles. The molecule has 1 fully saturated rings. The lowest BCUT2D eigenvalue weighted by Crippen LogP contribution is -2.38. The summed E-state index contributed by atoms with van der Waals surface area (Å²) < 4.78 is 7.38. The van der Waals surface area contributed by atoms with Gasteiger partial charge in [-0.1, -0.05) is 12.1 Å². The maximum absolute atomic E-state index is 12.6. The maximum Gasteiger partial charge on any atom is 0.317 e. The molecule has 7 nitrogen and oxygen atoms in total. The number of aryl methyl sites for hydroxylation is 1. The van der Waals surface area contributed by atoms with Gasteiger partial charge in [-0.25, -0.2) is 9.78 Å². The summed E-state index contributed by atoms with van der Waals surface area (Å²) in [5, 5.41) is 3.01. The third-order valence-electron chi connectivity index (χ3n) is 5.34. The number of imidazole rings is 1. The van der Waals surface area contributed by atoms with E-state index in [0.717, 1.165) is 47.7 Å². The summed E-state index contributed by atoms with van der Waals surface area (Å²) in [7, 11) is 1.64. The molecular weight excluding hydrogens is 354 g/mol. The number of aromatic nitrogens is 3. The van der Waals surface area contributed by atoms with E-state index in [-0.39, 0.29) is 11.9 Å². The molecule has 0 radical (unpaired) electrons. The zero-order chi connectivity index (χ0) is 19.5. The molecule has 2 amide bonds. The van der Waals surface area contributed by atoms with E-state index in [9.17, 15) is 4.79 Å². The van der Waals surface area contributed by atoms with Gasteiger partial charge >= 0.3 is 6.03 Å². The standard InChI is InChI=1S/C21H25N5O2/c1-3-26-19-13-22-10-8-18(19)24-20(26)16-9-11-25(14-16)21(27)23-12-15-4-6-17(28-2)7-5-15/h4-8,10,13,16H,3,9,11-12,14H2,1-2H3,(H,23,27). The number of carbonyl (C=O) groups excluding carboxylic acids is 1. The molecule has 4 rings (SSSR count). The van der Waals surface area contributed by atoms with Gasteiger partial charge < -0.3 is 19.5 Å². The molecule has 1 unspecified atom stereocenters. The molecule has 0 bridgehead atoms. The topological polar surface area (TPSA) is 72.3 Å². The quantitative estimate of drug-likeness (QED) is 0.739. The van der Waals surface area contributed by atoms with Gasteiger partial charge in [0.1, 0.15) is 11.6 Å². The summed E-state index contributed by atoms with van der Waals surface area (Å²) in [6.07, 6.45) is 4.56. The Hall–Kier alpha value is -3.09. The highest BCUT2D eigenvalue weighted by molar-refractivity contribution is 5.76. The molecule has 1 saturated heterocycles. The number of nitrogens with zero attached hydrogens (tertiary/aromatic N) is 4. The predicted molar refractivity (Wildman–Crippen MR) is 107 cm³/mol. The molecule has 1 aliphatic rings. The van der Waals surface area contributed by atoms with E-state index >= 15 is 0 Å². The smallest absolute Gasteiger partial charge is 0.317 e. The highest BCUT2D eigenvalue weighted by Gasteiger charge is 2.30. The van der Waals surface area contributed by atoms with Gasteiger partial charge in [0.25, 0.3) is 0 Å². The number of ether oxygens (including phenoxy) is 1. The van der Waals surface area contributed by atoms with E-state index in [1.54, 1.807) is 13.3 Å². The van der Waals surface area contributed by atoms with Crippen molar-refractivity contribution < 1.29 is 9.53 Å². The van der Waals surface area contributed by atoms with E-state index in [1.165, 1.54) is 0 Å². The van der Waals surface area contributed by atoms with Crippen LogP contribution in [0.25, 0.3) is 11.0 Å². The molecule has 1 atom stereocenters. The summed E-state index contributed by atoms with van der Waals surface area (Å²) in [6, 6.07) is 9.64. The number of hydrogen-bond donors (Lipinski definition) is 1. The number of rotatable bonds is 5. The van der Waals surface area contributed by atoms with Gasteiger partial charge in [0, 0.05) is 38.3 Å². The Morgan fingerprint density at radius 1 is 1.29 bits per heavy atom. The number of hydrogen-bond acceptors (Lipinski definition) is 4. The van der Waals surface area contributed by atoms with Gasteiger partial charge in [-0.15, -0.1) is 0 Å². The largest absolute Gasteiger partial charge is 0.497 e. The Labute approximate surface area is 164 Å². The lowest BCUT2D eigenvalue weighted by molar-refractivity contribution is 0.207. The van der Waals surface area contributed by atoms with Crippen LogP contribution in [-0.2, 0) is 13.1 Å². The molecule has 0 spiro atoms. The van der Waals surface area contributed by atoms with Crippen molar-refractivity contribution in [3.63, 3.8) is 0 Å². The van der Waals surface area contributed by atoms with E-state index < -0.39 is 0 Å². The molecule has 146 valence electrons. The zero-order valence-electron chi connectivity index (χ0n) is 16.3. The van der Waals surface area contributed by atoms with Gasteiger partial charge in [0.15, 0.2) is 0 Å². The van der Waals surface area contributed by atoms with Crippen LogP contribution >= 0.6 is 0 Å². The predicted octanol–water partition coefficient (Wildman–Crippen LogP) is 3.16. The van der Waals surface area contributed by atoms with Crippen molar-refractivity contribution in [3.8, 4) is 5.75 Å². The number of nitrogens with one attached hydrogen (secondary N) is 1. The number of likely N-dealkylation sites (tertiary alicyclic amines) is 1. The molecule has 1 N–H and O–H groups in total. The number of amides is 2. The van der Waals surface area contributed by atoms with Crippen LogP contribution in [0.1, 0.15) is 30.7 Å². The molecule has 28 heavy (non-hydrogen) atoms. The summed E-state index contributed by atoms with van der Waals surface area (Å²) in [4.78, 5) is 23.5. The molecule has 0 aliphatic carbocycles. The molecule has 1 aromatic carbocycles. The fourth-order valence-corrected chi connectivity index (χ4v) is 3.82. The second-order valence-electron chi connectivity index (χ2n) is 7.02. The number of carbonyl (C=O) groups is 1. The first kappa shape index (κ1) is 18.3. The summed E-state index contributed by atoms with van der Waals surface area (Å²) >= 11 is 0. The second kappa shape index (κ2) is 7.88. The normalized spacial score (nSPS) is 16.5. The van der Waals surface area contributed by atoms with Crippen LogP contribution in [0.4, 0.5) is 4.79 Å². The summed E-state index contributed by atoms with van der Waals surface area (Å²) in [6.45, 7) is 4.89. The number of fused-ring (bicyclic) bond motifs is 1. The van der Waals surface area contributed by atoms with Crippen molar-refractivity contribution in [2.75, 3.05) is 20.2 Å². The van der Waals surface area contributed by atoms with Crippen molar-refractivity contribution in [1.29, 1.82) is 0 Å². The Kier molecular flexibility index (Phi) is 5.14. The first-order valence-corrected chi connectivity index (χ1v) is 9.65. The van der Waals surface area contributed by atoms with Crippen molar-refractivity contribution >= 4 is 17.1 Å². The van der Waals surface area contributed by atoms with E-state index in [2.05, 4.69) is 21.8 Å². The van der Waals surface area contributed by atoms with Gasteiger partial charge in [-0.05, 0) is 37.1 Å². The highest BCUT2D eigenvalue weighted by Crippen LogP contribution is 2.29. The van der Waals surface area contributed by atoms with E-state index in [0.29, 0.717) is 13.1 Å². The minimum atomic E-state index is -0.0286. The first-order chi connectivity index (χ1) is 13.7. The molecule has 3 aromatic rings. The fraction of sp³-hybridized carbons (Fsp3) is 0.381. The van der Waals surface area contributed by atoms with Crippen LogP contribution in [0.3, 0.4) is 0 Å². The number of pyridine rings is 1. The van der Waals surface area contributed by atoms with Crippen LogP contribution in [0.5, 0.6) is 5.75 Å². The maximum atomic E-state index is 12.6. The van der Waals surface area contributed by atoms with Crippen molar-refractivity contribution in [1.82, 2.24) is 24.8 Å². The minimum Gasteiger partial charge on any atom is -0.497 e. The molecule has 7 heteroatoms. The number of methoxy groups -OCH3 is 1. The Bertz CT molecular complexity index is 967. The number of urea groups is 1. The van der Waals surface area contributed by atoms with Gasteiger partial charge in [0.2, 0.25) is 0 Å². The van der Waals surface area contributed by atoms with E-state index in [1.807, 2.05) is 41.4 Å². The van der Waals surface area contributed by atoms with E-state index in [4.69, 9.17) is 9.72 Å². The summed E-state index contributed by atoms with van der Waals surface area (Å²) in [5.41, 5.74) is 3.07. The van der Waals surface area contributed by atoms with Crippen LogP contribution in [0.15, 0.2) is 42.7 Å². The highest BCUT2D eigenvalue weighted by atomic mass is 16.5. The lowest BCUT2D eigenvalue weighted by Gasteiger charge is -2.18. The SMILES string of the molecule is CCn1c(C2CCN(C(=O)NCc3ccc(OC)cc3)C2)nc2ccncc21. The number of benzene rings is 1. The van der Waals surface area contributed by atoms with Gasteiger partial charge in [0.05, 0.1) is 24.3 Å². The van der Waals surface area contributed by atoms with Gasteiger partial charge in [-0.3, -0.25) is 4.98 Å². The van der Waals surface area contributed by atoms with Crippen LogP contribution in [0.2, 0.25) is 0 Å². The van der Waals surface area contributed by atoms with Crippen LogP contribution < -0.4 is 10.1 Å². The monoisotopic (exact) mass is 379 g/mol. The van der Waals surface area contributed by atoms with Crippen molar-refractivity contribution in [2.24, 2.45) is 0 Å². The van der Waals surface area contributed by atoms with Crippen LogP contribution in [-0.4, -0.2) is 45.7 Å². The lowest BCUT2D eigenvalue weighted by atomic mass is 10.1. The Balaban J connectivity index is 1.40. The fourth-order valence-electron chi connectivity index (χ4n) is 3.82. The summed E-state index contributed by atoms with van der Waals surface area (Å²) in [5.74, 6) is 2.11. The van der Waals surface area contributed by atoms with Crippen molar-refractivity contribution in [2.45, 2.75) is 32.4 Å². The van der Waals surface area contributed by atoms with Crippen molar-refractivity contribution in [3.05, 3.63) is 54.1 Å². The Morgan fingerprint density at radius 2 is 2.11 bits per heavy atom. The average molecular weight is 379 g/mol. The third kappa shape index (κ3) is 3.52. The molecule has 3 heterocycles.